The van der Waals surface area contributed by atoms with Gasteiger partial charge in [0.15, 0.2) is 5.82 Å². The lowest BCUT2D eigenvalue weighted by atomic mass is 10.2. The fourth-order valence-electron chi connectivity index (χ4n) is 2.23. The van der Waals surface area contributed by atoms with Crippen LogP contribution in [0.5, 0.6) is 0 Å². The minimum absolute atomic E-state index is 0.0207. The Kier molecular flexibility index (Phi) is 4.12. The quantitative estimate of drug-likeness (QED) is 0.835. The van der Waals surface area contributed by atoms with Gasteiger partial charge in [-0.3, -0.25) is 4.68 Å². The van der Waals surface area contributed by atoms with Crippen LogP contribution < -0.4 is 5.73 Å². The van der Waals surface area contributed by atoms with Crippen molar-refractivity contribution >= 4 is 15.8 Å². The van der Waals surface area contributed by atoms with Crippen molar-refractivity contribution in [2.75, 3.05) is 25.4 Å². The largest absolute Gasteiger partial charge is 0.381 e. The zero-order valence-electron chi connectivity index (χ0n) is 11.2. The first kappa shape index (κ1) is 14.3. The molecule has 1 aliphatic rings. The Bertz CT molecular complexity index is 534. The zero-order valence-corrected chi connectivity index (χ0v) is 12.1. The smallest absolute Gasteiger partial charge is 0.248 e. The Balaban J connectivity index is 2.22. The van der Waals surface area contributed by atoms with Crippen molar-refractivity contribution in [2.24, 2.45) is 7.05 Å². The summed E-state index contributed by atoms with van der Waals surface area (Å²) in [5.41, 5.74) is 5.66. The van der Waals surface area contributed by atoms with Crippen molar-refractivity contribution in [3.8, 4) is 0 Å². The van der Waals surface area contributed by atoms with E-state index in [1.165, 1.54) is 15.2 Å². The van der Waals surface area contributed by atoms with Gasteiger partial charge in [0.25, 0.3) is 0 Å². The van der Waals surface area contributed by atoms with Gasteiger partial charge >= 0.3 is 0 Å². The number of sulfonamides is 1. The SMILES string of the molecule is CCN(CC1CCCO1)S(=O)(=O)c1cn(C)nc1N. The molecule has 1 unspecified atom stereocenters. The molecule has 19 heavy (non-hydrogen) atoms. The molecule has 1 fully saturated rings. The lowest BCUT2D eigenvalue weighted by Crippen LogP contribution is -2.37. The Morgan fingerprint density at radius 2 is 2.37 bits per heavy atom. The minimum atomic E-state index is -3.60. The lowest BCUT2D eigenvalue weighted by Gasteiger charge is -2.22. The number of hydrogen-bond donors (Lipinski definition) is 1. The summed E-state index contributed by atoms with van der Waals surface area (Å²) in [5.74, 6) is 0.0355. The molecule has 1 aromatic rings. The third kappa shape index (κ3) is 2.90. The lowest BCUT2D eigenvalue weighted by molar-refractivity contribution is 0.0947. The highest BCUT2D eigenvalue weighted by molar-refractivity contribution is 7.89. The number of nitrogen functional groups attached to an aromatic ring is 1. The van der Waals surface area contributed by atoms with Gasteiger partial charge in [-0.25, -0.2) is 8.42 Å². The van der Waals surface area contributed by atoms with Crippen LogP contribution in [0, 0.1) is 0 Å². The fraction of sp³-hybridized carbons (Fsp3) is 0.727. The highest BCUT2D eigenvalue weighted by Crippen LogP contribution is 2.23. The third-order valence-electron chi connectivity index (χ3n) is 3.22. The summed E-state index contributed by atoms with van der Waals surface area (Å²) in [6.45, 7) is 3.26. The normalized spacial score (nSPS) is 20.3. The average Bonchev–Trinajstić information content (AvgIpc) is 2.95. The molecule has 0 aliphatic carbocycles. The zero-order chi connectivity index (χ0) is 14.0. The molecular weight excluding hydrogens is 268 g/mol. The van der Waals surface area contributed by atoms with Crippen LogP contribution in [0.3, 0.4) is 0 Å². The number of ether oxygens (including phenoxy) is 1. The van der Waals surface area contributed by atoms with Crippen LogP contribution >= 0.6 is 0 Å². The summed E-state index contributed by atoms with van der Waals surface area (Å²) >= 11 is 0. The van der Waals surface area contributed by atoms with E-state index in [9.17, 15) is 8.42 Å². The Labute approximate surface area is 113 Å². The summed E-state index contributed by atoms with van der Waals surface area (Å²) in [4.78, 5) is 0.0647. The van der Waals surface area contributed by atoms with Crippen molar-refractivity contribution in [1.29, 1.82) is 0 Å². The van der Waals surface area contributed by atoms with E-state index in [1.54, 1.807) is 14.0 Å². The van der Waals surface area contributed by atoms with E-state index >= 15 is 0 Å². The number of nitrogens with zero attached hydrogens (tertiary/aromatic N) is 3. The summed E-state index contributed by atoms with van der Waals surface area (Å²) in [7, 11) is -1.96. The van der Waals surface area contributed by atoms with Crippen LogP contribution in [-0.4, -0.2) is 48.3 Å². The van der Waals surface area contributed by atoms with Gasteiger partial charge in [-0.15, -0.1) is 0 Å². The second kappa shape index (κ2) is 5.48. The monoisotopic (exact) mass is 288 g/mol. The maximum Gasteiger partial charge on any atom is 0.248 e. The van der Waals surface area contributed by atoms with Gasteiger partial charge in [0.05, 0.1) is 6.10 Å². The number of likely N-dealkylation sites (N-methyl/N-ethyl adjacent to an activating group) is 1. The summed E-state index contributed by atoms with van der Waals surface area (Å²) < 4.78 is 33.3. The van der Waals surface area contributed by atoms with Crippen molar-refractivity contribution in [3.05, 3.63) is 6.20 Å². The first-order valence-corrected chi connectivity index (χ1v) is 7.80. The molecule has 1 aromatic heterocycles. The molecule has 2 heterocycles. The van der Waals surface area contributed by atoms with Crippen LogP contribution in [0.2, 0.25) is 0 Å². The predicted octanol–water partition coefficient (Wildman–Crippen LogP) is 0.192. The standard InChI is InChI=1S/C11H20N4O3S/c1-3-15(7-9-5-4-6-18-9)19(16,17)10-8-14(2)13-11(10)12/h8-9H,3-7H2,1-2H3,(H2,12,13). The van der Waals surface area contributed by atoms with E-state index in [4.69, 9.17) is 10.5 Å². The van der Waals surface area contributed by atoms with Crippen molar-refractivity contribution in [2.45, 2.75) is 30.8 Å². The first-order chi connectivity index (χ1) is 8.95. The Morgan fingerprint density at radius 3 is 2.84 bits per heavy atom. The van der Waals surface area contributed by atoms with Crippen LogP contribution in [0.4, 0.5) is 5.82 Å². The minimum Gasteiger partial charge on any atom is -0.381 e. The van der Waals surface area contributed by atoms with Crippen LogP contribution in [0.1, 0.15) is 19.8 Å². The maximum atomic E-state index is 12.5. The molecule has 0 spiro atoms. The van der Waals surface area contributed by atoms with E-state index in [0.29, 0.717) is 19.7 Å². The summed E-state index contributed by atoms with van der Waals surface area (Å²) in [6.07, 6.45) is 3.29. The molecule has 0 aromatic carbocycles. The third-order valence-corrected chi connectivity index (χ3v) is 5.18. The molecule has 2 rings (SSSR count). The van der Waals surface area contributed by atoms with Gasteiger partial charge in [-0.05, 0) is 12.8 Å². The summed E-state index contributed by atoms with van der Waals surface area (Å²) in [5, 5.41) is 3.88. The number of aromatic nitrogens is 2. The van der Waals surface area contributed by atoms with Crippen molar-refractivity contribution in [1.82, 2.24) is 14.1 Å². The van der Waals surface area contributed by atoms with Gasteiger partial charge in [0.2, 0.25) is 10.0 Å². The molecule has 1 atom stereocenters. The van der Waals surface area contributed by atoms with Gasteiger partial charge in [-0.2, -0.15) is 9.40 Å². The molecule has 0 bridgehead atoms. The number of hydrogen-bond acceptors (Lipinski definition) is 5. The summed E-state index contributed by atoms with van der Waals surface area (Å²) in [6, 6.07) is 0. The molecule has 0 saturated carbocycles. The average molecular weight is 288 g/mol. The number of anilines is 1. The second-order valence-electron chi connectivity index (χ2n) is 4.64. The first-order valence-electron chi connectivity index (χ1n) is 6.36. The van der Waals surface area contributed by atoms with E-state index in [-0.39, 0.29) is 16.8 Å². The predicted molar refractivity (Wildman–Crippen MR) is 71.0 cm³/mol. The van der Waals surface area contributed by atoms with E-state index < -0.39 is 10.0 Å². The van der Waals surface area contributed by atoms with E-state index in [1.807, 2.05) is 0 Å². The molecule has 8 heteroatoms. The van der Waals surface area contributed by atoms with Crippen molar-refractivity contribution < 1.29 is 13.2 Å². The second-order valence-corrected chi connectivity index (χ2v) is 6.55. The number of rotatable bonds is 5. The van der Waals surface area contributed by atoms with Gasteiger partial charge in [0.1, 0.15) is 4.90 Å². The van der Waals surface area contributed by atoms with Crippen LogP contribution in [-0.2, 0) is 21.8 Å². The highest BCUT2D eigenvalue weighted by atomic mass is 32.2. The van der Waals surface area contributed by atoms with Gasteiger partial charge in [-0.1, -0.05) is 6.92 Å². The van der Waals surface area contributed by atoms with E-state index in [2.05, 4.69) is 5.10 Å². The Hall–Kier alpha value is -1.12. The molecule has 2 N–H and O–H groups in total. The molecule has 0 radical (unpaired) electrons. The van der Waals surface area contributed by atoms with Crippen LogP contribution in [0.15, 0.2) is 11.1 Å². The molecule has 0 amide bonds. The molecule has 108 valence electrons. The van der Waals surface area contributed by atoms with Crippen molar-refractivity contribution in [3.63, 3.8) is 0 Å². The molecule has 1 saturated heterocycles. The van der Waals surface area contributed by atoms with Gasteiger partial charge in [0, 0.05) is 32.9 Å². The highest BCUT2D eigenvalue weighted by Gasteiger charge is 2.30. The number of nitrogens with two attached hydrogens (primary N) is 1. The fourth-order valence-corrected chi connectivity index (χ4v) is 3.81. The number of aryl methyl sites for hydroxylation is 1. The van der Waals surface area contributed by atoms with E-state index in [0.717, 1.165) is 12.8 Å². The van der Waals surface area contributed by atoms with Crippen LogP contribution in [0.25, 0.3) is 0 Å². The molecule has 1 aliphatic heterocycles. The Morgan fingerprint density at radius 1 is 1.63 bits per heavy atom. The molecular formula is C11H20N4O3S. The maximum absolute atomic E-state index is 12.5. The van der Waals surface area contributed by atoms with Gasteiger partial charge < -0.3 is 10.5 Å². The molecule has 7 nitrogen and oxygen atoms in total. The topological polar surface area (TPSA) is 90.5 Å².